The van der Waals surface area contributed by atoms with Crippen LogP contribution in [0.1, 0.15) is 11.1 Å². The van der Waals surface area contributed by atoms with E-state index in [2.05, 4.69) is 35.2 Å². The molecule has 0 spiro atoms. The molecule has 0 aliphatic heterocycles. The van der Waals surface area contributed by atoms with E-state index in [1.54, 1.807) is 24.3 Å². The van der Waals surface area contributed by atoms with Gasteiger partial charge < -0.3 is 9.84 Å². The van der Waals surface area contributed by atoms with Crippen LogP contribution in [0, 0.1) is 3.57 Å². The van der Waals surface area contributed by atoms with Crippen molar-refractivity contribution < 1.29 is 19.4 Å². The summed E-state index contributed by atoms with van der Waals surface area (Å²) in [5.74, 6) is -2.00. The Balaban J connectivity index is 2.27. The Morgan fingerprint density at radius 1 is 1.04 bits per heavy atom. The molecule has 1 N–H and O–H groups in total. The Hall–Kier alpha value is -1.80. The van der Waals surface area contributed by atoms with Gasteiger partial charge in [0.1, 0.15) is 11.5 Å². The lowest BCUT2D eigenvalue weighted by Gasteiger charge is -2.10. The van der Waals surface area contributed by atoms with E-state index in [0.29, 0.717) is 5.56 Å². The summed E-state index contributed by atoms with van der Waals surface area (Å²) in [5.41, 5.74) is 1.21. The van der Waals surface area contributed by atoms with E-state index in [9.17, 15) is 9.59 Å². The molecule has 2 rings (SSSR count). The molecule has 23 heavy (non-hydrogen) atoms. The van der Waals surface area contributed by atoms with Gasteiger partial charge in [-0.05, 0) is 45.9 Å². The van der Waals surface area contributed by atoms with E-state index in [0.717, 1.165) is 9.13 Å². The van der Waals surface area contributed by atoms with E-state index in [1.807, 2.05) is 30.3 Å². The number of carbonyl (C=O) groups excluding carboxylic acids is 1. The molecule has 6 heteroatoms. The normalized spacial score (nSPS) is 11.6. The summed E-state index contributed by atoms with van der Waals surface area (Å²) in [6.45, 7) is 0.0637. The van der Waals surface area contributed by atoms with E-state index >= 15 is 0 Å². The number of benzene rings is 2. The number of aliphatic carboxylic acids is 1. The Morgan fingerprint density at radius 2 is 1.65 bits per heavy atom. The van der Waals surface area contributed by atoms with Crippen LogP contribution in [0.5, 0.6) is 0 Å². The molecule has 0 bridgehead atoms. The molecule has 0 aromatic heterocycles. The molecule has 0 heterocycles. The first-order valence-electron chi connectivity index (χ1n) is 6.62. The molecule has 118 valence electrons. The summed E-state index contributed by atoms with van der Waals surface area (Å²) in [4.78, 5) is 23.2. The molecule has 0 aliphatic rings. The summed E-state index contributed by atoms with van der Waals surface area (Å²) in [7, 11) is 0. The van der Waals surface area contributed by atoms with Crippen molar-refractivity contribution in [2.75, 3.05) is 0 Å². The van der Waals surface area contributed by atoms with Crippen molar-refractivity contribution in [3.05, 3.63) is 74.2 Å². The van der Waals surface area contributed by atoms with Crippen LogP contribution < -0.4 is 0 Å². The van der Waals surface area contributed by atoms with E-state index < -0.39 is 11.9 Å². The highest BCUT2D eigenvalue weighted by atomic mass is 127. The third-order valence-electron chi connectivity index (χ3n) is 2.99. The molecule has 0 saturated carbocycles. The van der Waals surface area contributed by atoms with E-state index in [-0.39, 0.29) is 17.1 Å². The van der Waals surface area contributed by atoms with Crippen molar-refractivity contribution in [1.29, 1.82) is 0 Å². The van der Waals surface area contributed by atoms with Crippen molar-refractivity contribution in [2.24, 2.45) is 0 Å². The molecule has 0 unspecified atom stereocenters. The van der Waals surface area contributed by atoms with Crippen molar-refractivity contribution in [2.45, 2.75) is 6.61 Å². The smallest absolute Gasteiger partial charge is 0.342 e. The lowest BCUT2D eigenvalue weighted by molar-refractivity contribution is -0.138. The van der Waals surface area contributed by atoms with Gasteiger partial charge in [0.2, 0.25) is 0 Å². The maximum absolute atomic E-state index is 12.4. The first-order chi connectivity index (χ1) is 11.0. The molecule has 2 aromatic rings. The zero-order chi connectivity index (χ0) is 16.8. The minimum Gasteiger partial charge on any atom is -0.477 e. The molecule has 0 aliphatic carbocycles. The Bertz CT molecular complexity index is 739. The monoisotopic (exact) mass is 440 g/mol. The van der Waals surface area contributed by atoms with Crippen LogP contribution in [-0.2, 0) is 20.9 Å². The highest BCUT2D eigenvalue weighted by Gasteiger charge is 2.21. The topological polar surface area (TPSA) is 63.6 Å². The Kier molecular flexibility index (Phi) is 6.23. The highest BCUT2D eigenvalue weighted by molar-refractivity contribution is 14.1. The molecule has 0 fully saturated rings. The van der Waals surface area contributed by atoms with Gasteiger partial charge in [-0.2, -0.15) is 0 Å². The van der Waals surface area contributed by atoms with E-state index in [1.165, 1.54) is 0 Å². The molecular formula is C17H13IO4S. The van der Waals surface area contributed by atoms with Gasteiger partial charge in [-0.25, -0.2) is 9.59 Å². The van der Waals surface area contributed by atoms with Crippen molar-refractivity contribution in [3.63, 3.8) is 0 Å². The zero-order valence-corrected chi connectivity index (χ0v) is 15.0. The second-order valence-corrected chi connectivity index (χ2v) is 6.29. The Labute approximate surface area is 152 Å². The quantitative estimate of drug-likeness (QED) is 0.322. The fourth-order valence-corrected chi connectivity index (χ4v) is 2.45. The average Bonchev–Trinajstić information content (AvgIpc) is 2.55. The number of hydrogen-bond donors (Lipinski definition) is 2. The zero-order valence-electron chi connectivity index (χ0n) is 11.9. The molecular weight excluding hydrogens is 427 g/mol. The SMILES string of the molecule is O=C(O)/C(S)=C(\C(=O)OCc1ccccc1)c1ccc(I)cc1. The minimum atomic E-state index is -1.28. The largest absolute Gasteiger partial charge is 0.477 e. The number of carboxylic acid groups (broad SMARTS) is 1. The Morgan fingerprint density at radius 3 is 2.22 bits per heavy atom. The fourth-order valence-electron chi connectivity index (χ4n) is 1.87. The van der Waals surface area contributed by atoms with Crippen molar-refractivity contribution in [3.8, 4) is 0 Å². The number of ether oxygens (including phenoxy) is 1. The standard InChI is InChI=1S/C17H13IO4S/c18-13-8-6-12(7-9-13)14(15(23)16(19)20)17(21)22-10-11-4-2-1-3-5-11/h1-9,23H,10H2,(H,19,20)/b15-14+. The minimum absolute atomic E-state index is 0.0619. The predicted octanol–water partition coefficient (Wildman–Crippen LogP) is 3.76. The van der Waals surface area contributed by atoms with Gasteiger partial charge in [0.15, 0.2) is 0 Å². The van der Waals surface area contributed by atoms with Gasteiger partial charge in [-0.1, -0.05) is 42.5 Å². The first kappa shape index (κ1) is 17.6. The molecule has 2 aromatic carbocycles. The number of carbonyl (C=O) groups is 2. The van der Waals surface area contributed by atoms with Gasteiger partial charge >= 0.3 is 11.9 Å². The third kappa shape index (κ3) is 4.84. The fraction of sp³-hybridized carbons (Fsp3) is 0.0588. The van der Waals surface area contributed by atoms with Gasteiger partial charge in [0.05, 0.1) is 5.57 Å². The molecule has 0 radical (unpaired) electrons. The number of carboxylic acids is 1. The maximum atomic E-state index is 12.4. The number of hydrogen-bond acceptors (Lipinski definition) is 4. The molecule has 4 nitrogen and oxygen atoms in total. The summed E-state index contributed by atoms with van der Waals surface area (Å²) in [6.07, 6.45) is 0. The number of esters is 1. The number of halogens is 1. The molecule has 0 amide bonds. The number of thiol groups is 1. The molecule has 0 saturated heterocycles. The van der Waals surface area contributed by atoms with Gasteiger partial charge in [0, 0.05) is 3.57 Å². The van der Waals surface area contributed by atoms with Crippen molar-refractivity contribution in [1.82, 2.24) is 0 Å². The lowest BCUT2D eigenvalue weighted by atomic mass is 10.1. The highest BCUT2D eigenvalue weighted by Crippen LogP contribution is 2.24. The van der Waals surface area contributed by atoms with Crippen LogP contribution >= 0.6 is 35.2 Å². The van der Waals surface area contributed by atoms with Crippen LogP contribution in [0.15, 0.2) is 59.5 Å². The second-order valence-electron chi connectivity index (χ2n) is 4.60. The average molecular weight is 440 g/mol. The maximum Gasteiger partial charge on any atom is 0.342 e. The summed E-state index contributed by atoms with van der Waals surface area (Å²) in [5, 5.41) is 9.16. The van der Waals surface area contributed by atoms with E-state index in [4.69, 9.17) is 9.84 Å². The van der Waals surface area contributed by atoms with Crippen LogP contribution in [0.3, 0.4) is 0 Å². The van der Waals surface area contributed by atoms with Crippen LogP contribution in [0.2, 0.25) is 0 Å². The van der Waals surface area contributed by atoms with Gasteiger partial charge in [-0.15, -0.1) is 12.6 Å². The first-order valence-corrected chi connectivity index (χ1v) is 8.15. The predicted molar refractivity (Wildman–Crippen MR) is 98.9 cm³/mol. The van der Waals surface area contributed by atoms with Crippen molar-refractivity contribution >= 4 is 52.7 Å². The lowest BCUT2D eigenvalue weighted by Crippen LogP contribution is -2.11. The number of rotatable bonds is 5. The third-order valence-corrected chi connectivity index (χ3v) is 4.12. The van der Waals surface area contributed by atoms with Gasteiger partial charge in [0.25, 0.3) is 0 Å². The van der Waals surface area contributed by atoms with Crippen LogP contribution in [0.4, 0.5) is 0 Å². The van der Waals surface area contributed by atoms with Crippen LogP contribution in [0.25, 0.3) is 5.57 Å². The summed E-state index contributed by atoms with van der Waals surface area (Å²) in [6, 6.07) is 16.1. The summed E-state index contributed by atoms with van der Waals surface area (Å²) >= 11 is 6.08. The molecule has 0 atom stereocenters. The summed E-state index contributed by atoms with van der Waals surface area (Å²) < 4.78 is 6.21. The van der Waals surface area contributed by atoms with Crippen LogP contribution in [-0.4, -0.2) is 17.0 Å². The second kappa shape index (κ2) is 8.16. The van der Waals surface area contributed by atoms with Gasteiger partial charge in [-0.3, -0.25) is 0 Å².